The fourth-order valence-corrected chi connectivity index (χ4v) is 0.890. The van der Waals surface area contributed by atoms with Crippen LogP contribution in [0.2, 0.25) is 0 Å². The van der Waals surface area contributed by atoms with Gasteiger partial charge in [-0.15, -0.1) is 0 Å². The highest BCUT2D eigenvalue weighted by molar-refractivity contribution is 6.16. The van der Waals surface area contributed by atoms with E-state index in [1.54, 1.807) is 17.4 Å². The van der Waals surface area contributed by atoms with Crippen molar-refractivity contribution < 1.29 is 0 Å². The lowest BCUT2D eigenvalue weighted by Gasteiger charge is -2.25. The summed E-state index contributed by atoms with van der Waals surface area (Å²) in [5.41, 5.74) is 0.674. The summed E-state index contributed by atoms with van der Waals surface area (Å²) in [5, 5.41) is 5.80. The minimum Gasteiger partial charge on any atom is -0.279 e. The Hall–Kier alpha value is -1.12. The molecule has 1 aliphatic rings. The van der Waals surface area contributed by atoms with Crippen molar-refractivity contribution in [3.8, 4) is 0 Å². The van der Waals surface area contributed by atoms with Crippen LogP contribution in [0.15, 0.2) is 22.4 Å². The van der Waals surface area contributed by atoms with Gasteiger partial charge in [0.15, 0.2) is 0 Å². The minimum atomic E-state index is -0.231. The van der Waals surface area contributed by atoms with E-state index in [0.29, 0.717) is 0 Å². The van der Waals surface area contributed by atoms with E-state index in [2.05, 4.69) is 16.7 Å². The quantitative estimate of drug-likeness (QED) is 0.512. The van der Waals surface area contributed by atoms with Gasteiger partial charge in [-0.3, -0.25) is 10.0 Å². The standard InChI is InChI=1S/C8H13N3/c1-7-8(2,3)9-5-6-10-11(7)4/h5-6H,1H2,2-4H3. The normalized spacial score (nSPS) is 22.1. The molecular formula is C8H13N3. The van der Waals surface area contributed by atoms with Crippen LogP contribution in [-0.4, -0.2) is 30.0 Å². The van der Waals surface area contributed by atoms with E-state index in [1.165, 1.54) is 0 Å². The number of hydrogen-bond acceptors (Lipinski definition) is 3. The summed E-state index contributed by atoms with van der Waals surface area (Å²) in [7, 11) is 1.87. The number of rotatable bonds is 0. The summed E-state index contributed by atoms with van der Waals surface area (Å²) in [6, 6.07) is 0. The molecule has 1 rings (SSSR count). The molecule has 0 aromatic carbocycles. The zero-order chi connectivity index (χ0) is 8.48. The second-order valence-electron chi connectivity index (χ2n) is 3.07. The van der Waals surface area contributed by atoms with E-state index < -0.39 is 0 Å². The first kappa shape index (κ1) is 7.98. The lowest BCUT2D eigenvalue weighted by molar-refractivity contribution is 0.376. The third-order valence-electron chi connectivity index (χ3n) is 1.80. The number of hydrogen-bond donors (Lipinski definition) is 0. The Morgan fingerprint density at radius 1 is 1.45 bits per heavy atom. The van der Waals surface area contributed by atoms with Crippen LogP contribution in [0.25, 0.3) is 0 Å². The largest absolute Gasteiger partial charge is 0.279 e. The molecule has 0 N–H and O–H groups in total. The first-order valence-corrected chi connectivity index (χ1v) is 3.55. The molecule has 0 saturated heterocycles. The van der Waals surface area contributed by atoms with Gasteiger partial charge < -0.3 is 0 Å². The van der Waals surface area contributed by atoms with Crippen molar-refractivity contribution in [3.05, 3.63) is 12.3 Å². The van der Waals surface area contributed by atoms with Gasteiger partial charge in [-0.05, 0) is 13.8 Å². The van der Waals surface area contributed by atoms with Crippen LogP contribution in [0.3, 0.4) is 0 Å². The van der Waals surface area contributed by atoms with Gasteiger partial charge in [0, 0.05) is 13.3 Å². The fourth-order valence-electron chi connectivity index (χ4n) is 0.890. The summed E-state index contributed by atoms with van der Waals surface area (Å²) in [6.45, 7) is 7.93. The molecule has 0 fully saturated rings. The Balaban J connectivity index is 2.96. The molecule has 11 heavy (non-hydrogen) atoms. The lowest BCUT2D eigenvalue weighted by Crippen LogP contribution is -2.27. The molecule has 0 spiro atoms. The summed E-state index contributed by atoms with van der Waals surface area (Å²) in [5.74, 6) is 0. The van der Waals surface area contributed by atoms with Crippen LogP contribution in [0.5, 0.6) is 0 Å². The highest BCUT2D eigenvalue weighted by Crippen LogP contribution is 2.22. The fraction of sp³-hybridized carbons (Fsp3) is 0.500. The third-order valence-corrected chi connectivity index (χ3v) is 1.80. The molecule has 1 heterocycles. The molecule has 0 aliphatic carbocycles. The Kier molecular flexibility index (Phi) is 1.81. The van der Waals surface area contributed by atoms with Gasteiger partial charge in [-0.2, -0.15) is 5.10 Å². The van der Waals surface area contributed by atoms with E-state index in [9.17, 15) is 0 Å². The zero-order valence-electron chi connectivity index (χ0n) is 7.20. The Morgan fingerprint density at radius 3 is 2.73 bits per heavy atom. The van der Waals surface area contributed by atoms with E-state index >= 15 is 0 Å². The van der Waals surface area contributed by atoms with E-state index in [1.807, 2.05) is 20.9 Å². The molecule has 60 valence electrons. The predicted octanol–water partition coefficient (Wildman–Crippen LogP) is 1.28. The third kappa shape index (κ3) is 1.48. The molecule has 3 heteroatoms. The maximum atomic E-state index is 4.27. The van der Waals surface area contributed by atoms with Crippen molar-refractivity contribution >= 4 is 12.4 Å². The van der Waals surface area contributed by atoms with Crippen LogP contribution < -0.4 is 0 Å². The first-order valence-electron chi connectivity index (χ1n) is 3.55. The SMILES string of the molecule is C=C1N(C)N=CC=NC1(C)C. The minimum absolute atomic E-state index is 0.231. The predicted molar refractivity (Wildman–Crippen MR) is 48.0 cm³/mol. The number of hydrazone groups is 1. The van der Waals surface area contributed by atoms with Crippen LogP contribution >= 0.6 is 0 Å². The number of aliphatic imine (C=N–C) groups is 1. The molecule has 0 unspecified atom stereocenters. The molecule has 0 bridgehead atoms. The Bertz CT molecular complexity index is 225. The molecular weight excluding hydrogens is 138 g/mol. The lowest BCUT2D eigenvalue weighted by atomic mass is 10.0. The van der Waals surface area contributed by atoms with Gasteiger partial charge >= 0.3 is 0 Å². The molecule has 0 radical (unpaired) electrons. The summed E-state index contributed by atoms with van der Waals surface area (Å²) in [4.78, 5) is 4.27. The van der Waals surface area contributed by atoms with Crippen molar-refractivity contribution in [2.24, 2.45) is 10.1 Å². The van der Waals surface area contributed by atoms with Crippen LogP contribution in [-0.2, 0) is 0 Å². The van der Waals surface area contributed by atoms with E-state index in [4.69, 9.17) is 0 Å². The van der Waals surface area contributed by atoms with Crippen molar-refractivity contribution in [3.63, 3.8) is 0 Å². The van der Waals surface area contributed by atoms with E-state index in [-0.39, 0.29) is 5.54 Å². The maximum absolute atomic E-state index is 4.27. The van der Waals surface area contributed by atoms with Crippen molar-refractivity contribution in [1.82, 2.24) is 5.01 Å². The number of nitrogens with zero attached hydrogens (tertiary/aromatic N) is 3. The second-order valence-corrected chi connectivity index (χ2v) is 3.07. The van der Waals surface area contributed by atoms with Gasteiger partial charge in [0.05, 0.1) is 17.5 Å². The molecule has 3 nitrogen and oxygen atoms in total. The summed E-state index contributed by atoms with van der Waals surface area (Å²) in [6.07, 6.45) is 3.37. The Labute approximate surface area is 67.1 Å². The molecule has 0 atom stereocenters. The average molecular weight is 151 g/mol. The van der Waals surface area contributed by atoms with Gasteiger partial charge in [-0.1, -0.05) is 6.58 Å². The summed E-state index contributed by atoms with van der Waals surface area (Å²) < 4.78 is 0. The van der Waals surface area contributed by atoms with Crippen molar-refractivity contribution in [1.29, 1.82) is 0 Å². The van der Waals surface area contributed by atoms with E-state index in [0.717, 1.165) is 5.70 Å². The molecule has 0 saturated carbocycles. The van der Waals surface area contributed by atoms with Gasteiger partial charge in [-0.25, -0.2) is 0 Å². The topological polar surface area (TPSA) is 28.0 Å². The maximum Gasteiger partial charge on any atom is 0.0960 e. The smallest absolute Gasteiger partial charge is 0.0960 e. The van der Waals surface area contributed by atoms with Crippen LogP contribution in [0, 0.1) is 0 Å². The highest BCUT2D eigenvalue weighted by Gasteiger charge is 2.23. The molecule has 0 aromatic heterocycles. The van der Waals surface area contributed by atoms with Gasteiger partial charge in [0.25, 0.3) is 0 Å². The number of likely N-dealkylation sites (N-methyl/N-ethyl adjacent to an activating group) is 1. The van der Waals surface area contributed by atoms with Crippen molar-refractivity contribution in [2.75, 3.05) is 7.05 Å². The van der Waals surface area contributed by atoms with Crippen LogP contribution in [0.4, 0.5) is 0 Å². The monoisotopic (exact) mass is 151 g/mol. The van der Waals surface area contributed by atoms with Gasteiger partial charge in [0.1, 0.15) is 0 Å². The molecule has 0 amide bonds. The highest BCUT2D eigenvalue weighted by atomic mass is 15.4. The van der Waals surface area contributed by atoms with Gasteiger partial charge in [0.2, 0.25) is 0 Å². The average Bonchev–Trinajstić information content (AvgIpc) is 2.03. The summed E-state index contributed by atoms with van der Waals surface area (Å²) >= 11 is 0. The first-order chi connectivity index (χ1) is 5.04. The zero-order valence-corrected chi connectivity index (χ0v) is 7.20. The molecule has 0 aromatic rings. The Morgan fingerprint density at radius 2 is 2.09 bits per heavy atom. The van der Waals surface area contributed by atoms with Crippen molar-refractivity contribution in [2.45, 2.75) is 19.4 Å². The second kappa shape index (κ2) is 2.49. The van der Waals surface area contributed by atoms with Crippen LogP contribution in [0.1, 0.15) is 13.8 Å². The molecule has 1 aliphatic heterocycles.